The number of anilines is 4. The summed E-state index contributed by atoms with van der Waals surface area (Å²) < 4.78 is 13.5. The van der Waals surface area contributed by atoms with Gasteiger partial charge in [0.05, 0.1) is 49.1 Å². The first-order chi connectivity index (χ1) is 19.4. The van der Waals surface area contributed by atoms with Gasteiger partial charge in [0.2, 0.25) is 11.9 Å². The van der Waals surface area contributed by atoms with E-state index in [2.05, 4.69) is 54.9 Å². The number of amides is 1. The van der Waals surface area contributed by atoms with Crippen LogP contribution in [0.4, 0.5) is 23.0 Å². The Morgan fingerprint density at radius 1 is 1.18 bits per heavy atom. The van der Waals surface area contributed by atoms with Crippen LogP contribution in [0, 0.1) is 0 Å². The van der Waals surface area contributed by atoms with Crippen molar-refractivity contribution in [2.75, 3.05) is 70.1 Å². The van der Waals surface area contributed by atoms with Crippen molar-refractivity contribution >= 4 is 39.8 Å². The number of hydrogen-bond donors (Lipinski definition) is 2. The van der Waals surface area contributed by atoms with Crippen molar-refractivity contribution in [3.63, 3.8) is 0 Å². The van der Waals surface area contributed by atoms with Gasteiger partial charge >= 0.3 is 0 Å². The Labute approximate surface area is 234 Å². The van der Waals surface area contributed by atoms with Crippen molar-refractivity contribution in [1.82, 2.24) is 19.4 Å². The number of nitrogens with zero attached hydrogens (tertiary/aromatic N) is 5. The maximum absolute atomic E-state index is 12.3. The van der Waals surface area contributed by atoms with Crippen molar-refractivity contribution in [2.45, 2.75) is 6.04 Å². The number of hydrogen-bond acceptors (Lipinski definition) is 8. The minimum Gasteiger partial charge on any atom is -0.494 e. The van der Waals surface area contributed by atoms with E-state index >= 15 is 0 Å². The highest BCUT2D eigenvalue weighted by molar-refractivity contribution is 6.02. The van der Waals surface area contributed by atoms with Gasteiger partial charge < -0.3 is 34.5 Å². The highest BCUT2D eigenvalue weighted by atomic mass is 16.5. The molecule has 0 atom stereocenters. The smallest absolute Gasteiger partial charge is 0.247 e. The van der Waals surface area contributed by atoms with Crippen molar-refractivity contribution in [3.05, 3.63) is 67.5 Å². The Hall–Kier alpha value is -4.41. The molecule has 40 heavy (non-hydrogen) atoms. The molecule has 1 aliphatic rings. The molecular formula is C30H35N7O3. The van der Waals surface area contributed by atoms with Crippen molar-refractivity contribution in [3.8, 4) is 17.0 Å². The molecule has 2 N–H and O–H groups in total. The average Bonchev–Trinajstić information content (AvgIpc) is 3.30. The number of nitrogens with one attached hydrogen (secondary N) is 2. The Bertz CT molecular complexity index is 1530. The lowest BCUT2D eigenvalue weighted by Gasteiger charge is -2.28. The number of fused-ring (bicyclic) bond motifs is 1. The molecule has 5 rings (SSSR count). The lowest BCUT2D eigenvalue weighted by molar-refractivity contribution is -0.111. The molecule has 1 amide bonds. The Kier molecular flexibility index (Phi) is 7.99. The van der Waals surface area contributed by atoms with Crippen LogP contribution in [0.1, 0.15) is 6.04 Å². The van der Waals surface area contributed by atoms with Gasteiger partial charge in [-0.25, -0.2) is 9.97 Å². The third-order valence-electron chi connectivity index (χ3n) is 6.99. The average molecular weight is 542 g/mol. The second-order valence-corrected chi connectivity index (χ2v) is 10.0. The van der Waals surface area contributed by atoms with Crippen molar-refractivity contribution in [2.24, 2.45) is 0 Å². The van der Waals surface area contributed by atoms with Gasteiger partial charge in [0.25, 0.3) is 0 Å². The summed E-state index contributed by atoms with van der Waals surface area (Å²) in [4.78, 5) is 25.8. The third-order valence-corrected chi connectivity index (χ3v) is 6.99. The van der Waals surface area contributed by atoms with Gasteiger partial charge in [-0.05, 0) is 38.4 Å². The number of likely N-dealkylation sites (N-methyl/N-ethyl adjacent to an activating group) is 2. The Morgan fingerprint density at radius 2 is 1.98 bits per heavy atom. The number of carbonyl (C=O) groups is 1. The minimum atomic E-state index is -0.301. The van der Waals surface area contributed by atoms with E-state index in [0.717, 1.165) is 40.9 Å². The molecular weight excluding hydrogens is 506 g/mol. The molecule has 0 unspecified atom stereocenters. The van der Waals surface area contributed by atoms with Gasteiger partial charge in [-0.15, -0.1) is 0 Å². The summed E-state index contributed by atoms with van der Waals surface area (Å²) in [7, 11) is 7.64. The maximum Gasteiger partial charge on any atom is 0.247 e. The van der Waals surface area contributed by atoms with Crippen LogP contribution in [0.3, 0.4) is 0 Å². The molecule has 2 aromatic heterocycles. The molecule has 0 radical (unpaired) electrons. The number of para-hydroxylation sites is 1. The molecule has 0 spiro atoms. The van der Waals surface area contributed by atoms with Crippen LogP contribution in [0.15, 0.2) is 67.5 Å². The molecule has 10 heteroatoms. The van der Waals surface area contributed by atoms with E-state index in [1.165, 1.54) is 6.08 Å². The summed E-state index contributed by atoms with van der Waals surface area (Å²) in [6.45, 7) is 6.61. The second kappa shape index (κ2) is 11.8. The van der Waals surface area contributed by atoms with Gasteiger partial charge in [-0.1, -0.05) is 24.8 Å². The quantitative estimate of drug-likeness (QED) is 0.267. The fourth-order valence-electron chi connectivity index (χ4n) is 4.69. The van der Waals surface area contributed by atoms with Crippen LogP contribution in [0.25, 0.3) is 22.2 Å². The summed E-state index contributed by atoms with van der Waals surface area (Å²) in [5.74, 6) is 0.707. The molecule has 1 saturated heterocycles. The zero-order valence-corrected chi connectivity index (χ0v) is 23.3. The SMILES string of the molecule is C=CC(=O)Nc1cc(Nc2nccc(-c3cn(C4COC4)c4ccccc34)n2)c(OC)cc1N(C)CCN(C)C. The largest absolute Gasteiger partial charge is 0.494 e. The van der Waals surface area contributed by atoms with Gasteiger partial charge in [0.15, 0.2) is 0 Å². The van der Waals surface area contributed by atoms with Crippen LogP contribution in [0.2, 0.25) is 0 Å². The van der Waals surface area contributed by atoms with Crippen LogP contribution < -0.4 is 20.3 Å². The maximum atomic E-state index is 12.3. The topological polar surface area (TPSA) is 96.8 Å². The summed E-state index contributed by atoms with van der Waals surface area (Å²) in [5, 5.41) is 7.35. The van der Waals surface area contributed by atoms with Crippen LogP contribution in [0.5, 0.6) is 5.75 Å². The summed E-state index contributed by atoms with van der Waals surface area (Å²) in [6.07, 6.45) is 5.13. The van der Waals surface area contributed by atoms with Crippen LogP contribution >= 0.6 is 0 Å². The van der Waals surface area contributed by atoms with Crippen LogP contribution in [-0.4, -0.2) is 79.9 Å². The van der Waals surface area contributed by atoms with Gasteiger partial charge in [-0.3, -0.25) is 4.79 Å². The minimum absolute atomic E-state index is 0.301. The summed E-state index contributed by atoms with van der Waals surface area (Å²) in [6, 6.07) is 14.3. The zero-order valence-electron chi connectivity index (χ0n) is 23.3. The third kappa shape index (κ3) is 5.63. The van der Waals surface area contributed by atoms with Gasteiger partial charge in [-0.2, -0.15) is 0 Å². The Morgan fingerprint density at radius 3 is 2.67 bits per heavy atom. The van der Waals surface area contributed by atoms with E-state index in [1.54, 1.807) is 13.3 Å². The van der Waals surface area contributed by atoms with E-state index in [1.807, 2.05) is 51.5 Å². The number of aromatic nitrogens is 3. The fourth-order valence-corrected chi connectivity index (χ4v) is 4.69. The van der Waals surface area contributed by atoms with Crippen molar-refractivity contribution in [1.29, 1.82) is 0 Å². The summed E-state index contributed by atoms with van der Waals surface area (Å²) >= 11 is 0. The number of ether oxygens (including phenoxy) is 2. The molecule has 2 aromatic carbocycles. The number of rotatable bonds is 11. The van der Waals surface area contributed by atoms with Crippen molar-refractivity contribution < 1.29 is 14.3 Å². The van der Waals surface area contributed by atoms with E-state index in [-0.39, 0.29) is 5.91 Å². The predicted octanol–water partition coefficient (Wildman–Crippen LogP) is 4.54. The molecule has 208 valence electrons. The highest BCUT2D eigenvalue weighted by Crippen LogP contribution is 2.38. The van der Waals surface area contributed by atoms with E-state index < -0.39 is 0 Å². The number of methoxy groups -OCH3 is 1. The second-order valence-electron chi connectivity index (χ2n) is 10.0. The lowest BCUT2D eigenvalue weighted by atomic mass is 10.1. The standard InChI is InChI=1S/C30H35N7O3/c1-6-29(38)32-24-15-25(28(39-5)16-27(24)36(4)14-13-35(2)3)34-30-31-12-11-23(33-30)22-17-37(20-18-40-19-20)26-10-8-7-9-21(22)26/h6-12,15-17,20H,1,13-14,18-19H2,2-5H3,(H,32,38)(H,31,33,34). The molecule has 0 bridgehead atoms. The van der Waals surface area contributed by atoms with Crippen LogP contribution in [-0.2, 0) is 9.53 Å². The molecule has 4 aromatic rings. The first-order valence-corrected chi connectivity index (χ1v) is 13.2. The first kappa shape index (κ1) is 27.2. The zero-order chi connectivity index (χ0) is 28.2. The molecule has 1 fully saturated rings. The molecule has 3 heterocycles. The molecule has 0 aliphatic carbocycles. The number of carbonyl (C=O) groups excluding carboxylic acids is 1. The van der Waals surface area contributed by atoms with Gasteiger partial charge in [0.1, 0.15) is 5.75 Å². The number of benzene rings is 2. The lowest BCUT2D eigenvalue weighted by Crippen LogP contribution is -2.29. The van der Waals surface area contributed by atoms with E-state index in [0.29, 0.717) is 42.3 Å². The highest BCUT2D eigenvalue weighted by Gasteiger charge is 2.24. The van der Waals surface area contributed by atoms with Gasteiger partial charge in [0, 0.05) is 55.1 Å². The normalized spacial score (nSPS) is 13.2. The van der Waals surface area contributed by atoms with E-state index in [4.69, 9.17) is 14.5 Å². The van der Waals surface area contributed by atoms with E-state index in [9.17, 15) is 4.79 Å². The fraction of sp³-hybridized carbons (Fsp3) is 0.300. The Balaban J connectivity index is 1.49. The molecule has 10 nitrogen and oxygen atoms in total. The molecule has 1 aliphatic heterocycles. The summed E-state index contributed by atoms with van der Waals surface area (Å²) in [5.41, 5.74) is 5.04. The monoisotopic (exact) mass is 541 g/mol. The molecule has 0 saturated carbocycles. The first-order valence-electron chi connectivity index (χ1n) is 13.2. The predicted molar refractivity (Wildman–Crippen MR) is 160 cm³/mol.